The van der Waals surface area contributed by atoms with E-state index < -0.39 is 18.1 Å². The van der Waals surface area contributed by atoms with Crippen LogP contribution >= 0.6 is 0 Å². The fourth-order valence-corrected chi connectivity index (χ4v) is 2.78. The van der Waals surface area contributed by atoms with E-state index in [0.29, 0.717) is 12.3 Å². The summed E-state index contributed by atoms with van der Waals surface area (Å²) in [4.78, 5) is 0. The molecule has 5 heteroatoms. The molecule has 2 fully saturated rings. The number of halogens is 3. The van der Waals surface area contributed by atoms with Crippen molar-refractivity contribution in [2.75, 3.05) is 6.61 Å². The van der Waals surface area contributed by atoms with Gasteiger partial charge in [-0.25, -0.2) is 0 Å². The zero-order valence-electron chi connectivity index (χ0n) is 10.1. The van der Waals surface area contributed by atoms with Crippen molar-refractivity contribution in [3.63, 3.8) is 0 Å². The molecule has 2 nitrogen and oxygen atoms in total. The highest BCUT2D eigenvalue weighted by Gasteiger charge is 2.75. The third-order valence-corrected chi connectivity index (χ3v) is 3.71. The van der Waals surface area contributed by atoms with Crippen LogP contribution in [0.2, 0.25) is 0 Å². The van der Waals surface area contributed by atoms with E-state index in [-0.39, 0.29) is 6.61 Å². The van der Waals surface area contributed by atoms with E-state index in [0.717, 1.165) is 25.7 Å². The third kappa shape index (κ3) is 2.60. The molecular formula is C12H19F3O2. The van der Waals surface area contributed by atoms with Crippen LogP contribution in [-0.2, 0) is 9.47 Å². The summed E-state index contributed by atoms with van der Waals surface area (Å²) in [6, 6.07) is 0. The van der Waals surface area contributed by atoms with Crippen molar-refractivity contribution in [2.24, 2.45) is 5.92 Å². The highest BCUT2D eigenvalue weighted by molar-refractivity contribution is 5.01. The lowest BCUT2D eigenvalue weighted by molar-refractivity contribution is -0.270. The summed E-state index contributed by atoms with van der Waals surface area (Å²) in [7, 11) is 0. The van der Waals surface area contributed by atoms with Crippen LogP contribution in [0.1, 0.15) is 45.4 Å². The summed E-state index contributed by atoms with van der Waals surface area (Å²) in [5.74, 6) is -1.92. The molecule has 100 valence electrons. The van der Waals surface area contributed by atoms with Crippen LogP contribution in [0.4, 0.5) is 13.2 Å². The van der Waals surface area contributed by atoms with Gasteiger partial charge in [0.15, 0.2) is 0 Å². The van der Waals surface area contributed by atoms with Crippen molar-refractivity contribution in [3.05, 3.63) is 0 Å². The fraction of sp³-hybridized carbons (Fsp3) is 1.00. The van der Waals surface area contributed by atoms with Crippen LogP contribution in [-0.4, -0.2) is 24.7 Å². The predicted octanol–water partition coefficient (Wildman–Crippen LogP) is 3.65. The van der Waals surface area contributed by atoms with Crippen molar-refractivity contribution in [1.29, 1.82) is 0 Å². The van der Waals surface area contributed by atoms with Gasteiger partial charge >= 0.3 is 6.18 Å². The normalized spacial score (nSPS) is 34.9. The van der Waals surface area contributed by atoms with Crippen molar-refractivity contribution < 1.29 is 22.6 Å². The second-order valence-electron chi connectivity index (χ2n) is 4.94. The Morgan fingerprint density at radius 3 is 2.41 bits per heavy atom. The average Bonchev–Trinajstić information content (AvgIpc) is 2.94. The molecule has 0 amide bonds. The van der Waals surface area contributed by atoms with E-state index in [1.165, 1.54) is 6.42 Å². The Morgan fingerprint density at radius 2 is 1.88 bits per heavy atom. The molecular weight excluding hydrogens is 233 g/mol. The Balaban J connectivity index is 1.90. The molecule has 0 aromatic carbocycles. The minimum Gasteiger partial charge on any atom is -0.341 e. The number of hydrogen-bond acceptors (Lipinski definition) is 2. The minimum absolute atomic E-state index is 0.0284. The summed E-state index contributed by atoms with van der Waals surface area (Å²) in [6.07, 6.45) is 0.806. The first-order chi connectivity index (χ1) is 7.99. The van der Waals surface area contributed by atoms with Crippen LogP contribution in [0, 0.1) is 5.92 Å². The van der Waals surface area contributed by atoms with Crippen molar-refractivity contribution in [1.82, 2.24) is 0 Å². The van der Waals surface area contributed by atoms with Crippen LogP contribution in [0.5, 0.6) is 0 Å². The van der Waals surface area contributed by atoms with Crippen molar-refractivity contribution in [3.8, 4) is 0 Å². The first-order valence-corrected chi connectivity index (χ1v) is 6.38. The van der Waals surface area contributed by atoms with Gasteiger partial charge in [0.2, 0.25) is 0 Å². The summed E-state index contributed by atoms with van der Waals surface area (Å²) in [5.41, 5.74) is 0. The van der Waals surface area contributed by atoms with Gasteiger partial charge in [0.1, 0.15) is 6.10 Å². The Bertz CT molecular complexity index is 261. The Kier molecular flexibility index (Phi) is 3.69. The molecule has 1 saturated heterocycles. The molecule has 1 heterocycles. The third-order valence-electron chi connectivity index (χ3n) is 3.71. The maximum absolute atomic E-state index is 12.8. The van der Waals surface area contributed by atoms with E-state index in [1.807, 2.05) is 0 Å². The number of hydrogen-bond donors (Lipinski definition) is 0. The van der Waals surface area contributed by atoms with Crippen molar-refractivity contribution in [2.45, 2.75) is 63.5 Å². The molecule has 17 heavy (non-hydrogen) atoms. The number of epoxide rings is 1. The van der Waals surface area contributed by atoms with Crippen LogP contribution < -0.4 is 0 Å². The van der Waals surface area contributed by atoms with E-state index in [2.05, 4.69) is 0 Å². The first kappa shape index (κ1) is 13.1. The van der Waals surface area contributed by atoms with Gasteiger partial charge in [-0.15, -0.1) is 0 Å². The molecule has 0 bridgehead atoms. The lowest BCUT2D eigenvalue weighted by Gasteiger charge is -2.22. The van der Waals surface area contributed by atoms with Gasteiger partial charge in [-0.1, -0.05) is 32.1 Å². The van der Waals surface area contributed by atoms with E-state index >= 15 is 0 Å². The van der Waals surface area contributed by atoms with Gasteiger partial charge in [-0.05, 0) is 19.3 Å². The number of ether oxygens (including phenoxy) is 2. The molecule has 1 saturated carbocycles. The molecule has 0 radical (unpaired) electrons. The summed E-state index contributed by atoms with van der Waals surface area (Å²) in [6.45, 7) is 1.59. The van der Waals surface area contributed by atoms with Gasteiger partial charge in [-0.2, -0.15) is 13.2 Å². The second kappa shape index (κ2) is 4.76. The molecule has 2 aliphatic rings. The number of alkyl halides is 3. The van der Waals surface area contributed by atoms with Crippen LogP contribution in [0.3, 0.4) is 0 Å². The molecule has 2 atom stereocenters. The van der Waals surface area contributed by atoms with Crippen LogP contribution in [0.15, 0.2) is 0 Å². The van der Waals surface area contributed by atoms with E-state index in [9.17, 15) is 13.2 Å². The Hall–Kier alpha value is -0.290. The Morgan fingerprint density at radius 1 is 1.24 bits per heavy atom. The second-order valence-corrected chi connectivity index (χ2v) is 4.94. The average molecular weight is 252 g/mol. The monoisotopic (exact) mass is 252 g/mol. The lowest BCUT2D eigenvalue weighted by atomic mass is 9.85. The zero-order chi connectivity index (χ0) is 12.5. The largest absolute Gasteiger partial charge is 0.446 e. The van der Waals surface area contributed by atoms with Crippen LogP contribution in [0.25, 0.3) is 0 Å². The molecule has 0 spiro atoms. The maximum atomic E-state index is 12.8. The maximum Gasteiger partial charge on any atom is 0.446 e. The smallest absolute Gasteiger partial charge is 0.341 e. The SMILES string of the molecule is CCOC1(C(F)(F)F)OC1CC1CCCCC1. The number of rotatable bonds is 4. The molecule has 2 rings (SSSR count). The molecule has 0 aromatic heterocycles. The first-order valence-electron chi connectivity index (χ1n) is 6.38. The summed E-state index contributed by atoms with van der Waals surface area (Å²) >= 11 is 0. The summed E-state index contributed by atoms with van der Waals surface area (Å²) < 4.78 is 48.2. The topological polar surface area (TPSA) is 21.8 Å². The highest BCUT2D eigenvalue weighted by Crippen LogP contribution is 2.53. The fourth-order valence-electron chi connectivity index (χ4n) is 2.78. The van der Waals surface area contributed by atoms with Gasteiger partial charge in [0, 0.05) is 6.61 Å². The minimum atomic E-state index is -4.41. The van der Waals surface area contributed by atoms with E-state index in [1.54, 1.807) is 6.92 Å². The Labute approximate surface area is 99.5 Å². The molecule has 2 unspecified atom stereocenters. The molecule has 0 aromatic rings. The predicted molar refractivity (Wildman–Crippen MR) is 56.5 cm³/mol. The summed E-state index contributed by atoms with van der Waals surface area (Å²) in [5, 5.41) is 0. The molecule has 0 N–H and O–H groups in total. The standard InChI is InChI=1S/C12H19F3O2/c1-2-16-11(12(13,14)15)10(17-11)8-9-6-4-3-5-7-9/h9-10H,2-8H2,1H3. The van der Waals surface area contributed by atoms with E-state index in [4.69, 9.17) is 9.47 Å². The quantitative estimate of drug-likeness (QED) is 0.712. The van der Waals surface area contributed by atoms with Gasteiger partial charge < -0.3 is 9.47 Å². The van der Waals surface area contributed by atoms with Crippen molar-refractivity contribution >= 4 is 0 Å². The van der Waals surface area contributed by atoms with Gasteiger partial charge in [-0.3, -0.25) is 0 Å². The highest BCUT2D eigenvalue weighted by atomic mass is 19.4. The molecule has 1 aliphatic heterocycles. The zero-order valence-corrected chi connectivity index (χ0v) is 10.1. The molecule has 1 aliphatic carbocycles. The van der Waals surface area contributed by atoms with Gasteiger partial charge in [0.05, 0.1) is 0 Å². The lowest BCUT2D eigenvalue weighted by Crippen LogP contribution is -2.38. The van der Waals surface area contributed by atoms with Gasteiger partial charge in [0.25, 0.3) is 5.79 Å².